The molecular weight excluding hydrogens is 217 g/mol. The Balaban J connectivity index is 1.94. The highest BCUT2D eigenvalue weighted by Crippen LogP contribution is 2.28. The van der Waals surface area contributed by atoms with E-state index >= 15 is 0 Å². The molecule has 0 N–H and O–H groups in total. The van der Waals surface area contributed by atoms with Gasteiger partial charge in [-0.2, -0.15) is 13.2 Å². The molecule has 5 heteroatoms. The Morgan fingerprint density at radius 3 is 2.88 bits per heavy atom. The molecule has 2 nitrogen and oxygen atoms in total. The van der Waals surface area contributed by atoms with Crippen LogP contribution >= 0.6 is 0 Å². The molecule has 2 heterocycles. The molecule has 0 aromatic carbocycles. The van der Waals surface area contributed by atoms with Gasteiger partial charge in [-0.3, -0.25) is 9.88 Å². The van der Waals surface area contributed by atoms with Gasteiger partial charge in [0, 0.05) is 18.9 Å². The second-order valence-electron chi connectivity index (χ2n) is 4.12. The van der Waals surface area contributed by atoms with Crippen LogP contribution < -0.4 is 0 Å². The number of aromatic nitrogens is 1. The summed E-state index contributed by atoms with van der Waals surface area (Å²) in [5.41, 5.74) is 1.03. The minimum Gasteiger partial charge on any atom is -0.294 e. The van der Waals surface area contributed by atoms with E-state index in [-0.39, 0.29) is 5.92 Å². The third-order valence-corrected chi connectivity index (χ3v) is 2.83. The molecule has 2 rings (SSSR count). The number of halogens is 3. The maximum atomic E-state index is 12.2. The minimum absolute atomic E-state index is 0.191. The van der Waals surface area contributed by atoms with E-state index in [0.717, 1.165) is 12.0 Å². The quantitative estimate of drug-likeness (QED) is 0.775. The Hall–Kier alpha value is -1.10. The molecule has 88 valence electrons. The largest absolute Gasteiger partial charge is 0.401 e. The molecule has 1 aliphatic rings. The van der Waals surface area contributed by atoms with Crippen LogP contribution in [-0.2, 0) is 0 Å². The van der Waals surface area contributed by atoms with Crippen LogP contribution in [0.1, 0.15) is 17.9 Å². The van der Waals surface area contributed by atoms with Gasteiger partial charge >= 0.3 is 6.18 Å². The van der Waals surface area contributed by atoms with Crippen LogP contribution in [0.15, 0.2) is 24.5 Å². The highest BCUT2D eigenvalue weighted by Gasteiger charge is 2.34. The summed E-state index contributed by atoms with van der Waals surface area (Å²) in [6.07, 6.45) is 0.0965. The fourth-order valence-corrected chi connectivity index (χ4v) is 2.12. The van der Waals surface area contributed by atoms with Crippen molar-refractivity contribution in [3.63, 3.8) is 0 Å². The number of nitrogens with zero attached hydrogens (tertiary/aromatic N) is 2. The van der Waals surface area contributed by atoms with Crippen molar-refractivity contribution in [1.29, 1.82) is 0 Å². The smallest absolute Gasteiger partial charge is 0.294 e. The monoisotopic (exact) mass is 230 g/mol. The first-order valence-electron chi connectivity index (χ1n) is 5.23. The maximum absolute atomic E-state index is 12.2. The van der Waals surface area contributed by atoms with Crippen molar-refractivity contribution in [2.45, 2.75) is 18.5 Å². The lowest BCUT2D eigenvalue weighted by Crippen LogP contribution is -2.32. The summed E-state index contributed by atoms with van der Waals surface area (Å²) < 4.78 is 36.5. The van der Waals surface area contributed by atoms with Gasteiger partial charge in [-0.05, 0) is 30.5 Å². The standard InChI is InChI=1S/C11H13F3N2/c12-11(13,14)8-16-5-3-10(7-16)9-2-1-4-15-6-9/h1-2,4,6,10H,3,5,7-8H2/t10-/m0/s1. The topological polar surface area (TPSA) is 16.1 Å². The number of likely N-dealkylation sites (tertiary alicyclic amines) is 1. The van der Waals surface area contributed by atoms with E-state index in [1.54, 1.807) is 12.4 Å². The zero-order chi connectivity index (χ0) is 11.6. The highest BCUT2D eigenvalue weighted by molar-refractivity contribution is 5.16. The molecular formula is C11H13F3N2. The summed E-state index contributed by atoms with van der Waals surface area (Å²) in [7, 11) is 0. The molecule has 0 amide bonds. The van der Waals surface area contributed by atoms with Crippen molar-refractivity contribution in [1.82, 2.24) is 9.88 Å². The first-order valence-corrected chi connectivity index (χ1v) is 5.23. The highest BCUT2D eigenvalue weighted by atomic mass is 19.4. The molecule has 16 heavy (non-hydrogen) atoms. The zero-order valence-electron chi connectivity index (χ0n) is 8.74. The third kappa shape index (κ3) is 2.95. The summed E-state index contributed by atoms with van der Waals surface area (Å²) >= 11 is 0. The first kappa shape index (κ1) is 11.4. The van der Waals surface area contributed by atoms with E-state index in [9.17, 15) is 13.2 Å². The van der Waals surface area contributed by atoms with Gasteiger partial charge in [-0.1, -0.05) is 6.07 Å². The van der Waals surface area contributed by atoms with Gasteiger partial charge in [0.2, 0.25) is 0 Å². The summed E-state index contributed by atoms with van der Waals surface area (Å²) in [6, 6.07) is 3.75. The molecule has 0 unspecified atom stereocenters. The second-order valence-corrected chi connectivity index (χ2v) is 4.12. The van der Waals surface area contributed by atoms with Gasteiger partial charge in [0.25, 0.3) is 0 Å². The van der Waals surface area contributed by atoms with Crippen LogP contribution in [0.25, 0.3) is 0 Å². The molecule has 0 saturated carbocycles. The van der Waals surface area contributed by atoms with Crippen LogP contribution in [0.3, 0.4) is 0 Å². The lowest BCUT2D eigenvalue weighted by Gasteiger charge is -2.17. The molecule has 0 bridgehead atoms. The fraction of sp³-hybridized carbons (Fsp3) is 0.545. The number of alkyl halides is 3. The fourth-order valence-electron chi connectivity index (χ4n) is 2.12. The van der Waals surface area contributed by atoms with Crippen LogP contribution in [0, 0.1) is 0 Å². The average Bonchev–Trinajstić information content (AvgIpc) is 2.65. The molecule has 1 aliphatic heterocycles. The lowest BCUT2D eigenvalue weighted by atomic mass is 10.0. The van der Waals surface area contributed by atoms with E-state index in [0.29, 0.717) is 13.1 Å². The molecule has 1 aromatic heterocycles. The zero-order valence-corrected chi connectivity index (χ0v) is 8.74. The summed E-state index contributed by atoms with van der Waals surface area (Å²) in [6.45, 7) is 0.189. The normalized spacial score (nSPS) is 22.6. The van der Waals surface area contributed by atoms with Crippen LogP contribution in [0.5, 0.6) is 0 Å². The van der Waals surface area contributed by atoms with Crippen molar-refractivity contribution in [2.24, 2.45) is 0 Å². The van der Waals surface area contributed by atoms with Crippen LogP contribution in [0.4, 0.5) is 13.2 Å². The summed E-state index contributed by atoms with van der Waals surface area (Å²) in [5, 5.41) is 0. The molecule has 1 saturated heterocycles. The van der Waals surface area contributed by atoms with Gasteiger partial charge in [0.05, 0.1) is 6.54 Å². The lowest BCUT2D eigenvalue weighted by molar-refractivity contribution is -0.143. The molecule has 1 atom stereocenters. The average molecular weight is 230 g/mol. The number of rotatable bonds is 2. The van der Waals surface area contributed by atoms with E-state index in [4.69, 9.17) is 0 Å². The van der Waals surface area contributed by atoms with Crippen molar-refractivity contribution in [3.8, 4) is 0 Å². The molecule has 0 aliphatic carbocycles. The van der Waals surface area contributed by atoms with Crippen LogP contribution in [-0.4, -0.2) is 35.7 Å². The molecule has 1 fully saturated rings. The summed E-state index contributed by atoms with van der Waals surface area (Å²) in [4.78, 5) is 5.44. The first-order chi connectivity index (χ1) is 7.54. The van der Waals surface area contributed by atoms with Crippen molar-refractivity contribution in [3.05, 3.63) is 30.1 Å². The van der Waals surface area contributed by atoms with E-state index in [2.05, 4.69) is 4.98 Å². The van der Waals surface area contributed by atoms with Gasteiger partial charge in [0.1, 0.15) is 0 Å². The van der Waals surface area contributed by atoms with E-state index in [1.165, 1.54) is 4.90 Å². The number of hydrogen-bond donors (Lipinski definition) is 0. The molecule has 1 aromatic rings. The van der Waals surface area contributed by atoms with Gasteiger partial charge in [-0.25, -0.2) is 0 Å². The second kappa shape index (κ2) is 4.41. The Morgan fingerprint density at radius 1 is 1.44 bits per heavy atom. The molecule has 0 spiro atoms. The minimum atomic E-state index is -4.09. The predicted molar refractivity (Wildman–Crippen MR) is 54.1 cm³/mol. The molecule has 0 radical (unpaired) electrons. The van der Waals surface area contributed by atoms with Crippen molar-refractivity contribution in [2.75, 3.05) is 19.6 Å². The van der Waals surface area contributed by atoms with Gasteiger partial charge < -0.3 is 0 Å². The SMILES string of the molecule is FC(F)(F)CN1CC[C@H](c2cccnc2)C1. The van der Waals surface area contributed by atoms with E-state index in [1.807, 2.05) is 12.1 Å². The van der Waals surface area contributed by atoms with Crippen molar-refractivity contribution >= 4 is 0 Å². The predicted octanol–water partition coefficient (Wildman–Crippen LogP) is 2.43. The maximum Gasteiger partial charge on any atom is 0.401 e. The Labute approximate surface area is 92.1 Å². The Morgan fingerprint density at radius 2 is 2.25 bits per heavy atom. The van der Waals surface area contributed by atoms with Gasteiger partial charge in [-0.15, -0.1) is 0 Å². The Kier molecular flexibility index (Phi) is 3.14. The summed E-state index contributed by atoms with van der Waals surface area (Å²) in [5.74, 6) is 0.191. The van der Waals surface area contributed by atoms with Crippen LogP contribution in [0.2, 0.25) is 0 Å². The third-order valence-electron chi connectivity index (χ3n) is 2.83. The van der Waals surface area contributed by atoms with Gasteiger partial charge in [0.15, 0.2) is 0 Å². The number of hydrogen-bond acceptors (Lipinski definition) is 2. The van der Waals surface area contributed by atoms with E-state index < -0.39 is 12.7 Å². The van der Waals surface area contributed by atoms with Crippen molar-refractivity contribution < 1.29 is 13.2 Å². The Bertz CT molecular complexity index is 337. The number of pyridine rings is 1.